The standard InChI is InChI=1S/C43H49ClN8O4/c1-26-32(5-3-7-34(26)47-40-39-30(13-17-45-40)21-28(22-46-39)23-52-19-15-31(53)24-52)33-6-4-8-35(38(33)44)49-42(54)41-48-36-25-51(20-16-37(36)50(41)2)18-14-27-9-11-29(12-10-27)43(55)56/h3-8,13,17,21-22,27,29,31,53H,9-12,14-16,18-20,23-25H2,1-2H3,(H,45,47)(H,49,54)(H,55,56)/t27-,29+,31-/m1/s1. The van der Waals surface area contributed by atoms with Gasteiger partial charge in [0.05, 0.1) is 28.4 Å². The number of anilines is 3. The van der Waals surface area contributed by atoms with E-state index in [1.165, 1.54) is 0 Å². The number of aliphatic hydroxyl groups excluding tert-OH is 1. The van der Waals surface area contributed by atoms with Gasteiger partial charge in [0, 0.05) is 80.9 Å². The molecule has 12 nitrogen and oxygen atoms in total. The molecule has 1 saturated heterocycles. The number of β-amino-alcohol motifs (C(OH)–C–C–N with tert-alkyl or cyclic N) is 1. The van der Waals surface area contributed by atoms with E-state index < -0.39 is 5.97 Å². The fourth-order valence-corrected chi connectivity index (χ4v) is 9.02. The van der Waals surface area contributed by atoms with Gasteiger partial charge in [-0.15, -0.1) is 0 Å². The number of pyridine rings is 2. The average Bonchev–Trinajstić information content (AvgIpc) is 3.76. The second-order valence-corrected chi connectivity index (χ2v) is 16.1. The van der Waals surface area contributed by atoms with Gasteiger partial charge in [0.2, 0.25) is 0 Å². The molecule has 3 aromatic heterocycles. The maximum absolute atomic E-state index is 13.7. The van der Waals surface area contributed by atoms with Crippen molar-refractivity contribution < 1.29 is 19.8 Å². The molecule has 3 aliphatic rings. The predicted octanol–water partition coefficient (Wildman–Crippen LogP) is 7.19. The molecule has 1 aliphatic carbocycles. The second-order valence-electron chi connectivity index (χ2n) is 15.7. The molecule has 5 heterocycles. The molecule has 292 valence electrons. The van der Waals surface area contributed by atoms with Crippen molar-refractivity contribution in [3.8, 4) is 11.1 Å². The van der Waals surface area contributed by atoms with E-state index in [0.717, 1.165) is 121 Å². The highest BCUT2D eigenvalue weighted by Gasteiger charge is 2.29. The van der Waals surface area contributed by atoms with Crippen molar-refractivity contribution in [2.75, 3.05) is 36.8 Å². The van der Waals surface area contributed by atoms with Crippen LogP contribution >= 0.6 is 11.6 Å². The molecular weight excluding hydrogens is 728 g/mol. The van der Waals surface area contributed by atoms with Gasteiger partial charge in [-0.05, 0) is 98.9 Å². The summed E-state index contributed by atoms with van der Waals surface area (Å²) < 4.78 is 1.90. The molecule has 1 amide bonds. The van der Waals surface area contributed by atoms with E-state index in [1.54, 1.807) is 6.20 Å². The highest BCUT2D eigenvalue weighted by molar-refractivity contribution is 6.36. The van der Waals surface area contributed by atoms with Crippen molar-refractivity contribution in [1.29, 1.82) is 0 Å². The quantitative estimate of drug-likeness (QED) is 0.109. The van der Waals surface area contributed by atoms with Crippen LogP contribution in [0.3, 0.4) is 0 Å². The second kappa shape index (κ2) is 16.3. The number of imidazole rings is 1. The van der Waals surface area contributed by atoms with Gasteiger partial charge in [0.15, 0.2) is 11.6 Å². The Morgan fingerprint density at radius 2 is 1.75 bits per heavy atom. The third kappa shape index (κ3) is 8.02. The van der Waals surface area contributed by atoms with Crippen LogP contribution in [-0.2, 0) is 31.4 Å². The van der Waals surface area contributed by atoms with Crippen LogP contribution in [-0.4, -0.2) is 83.7 Å². The molecule has 5 aromatic rings. The monoisotopic (exact) mass is 776 g/mol. The molecule has 13 heteroatoms. The summed E-state index contributed by atoms with van der Waals surface area (Å²) in [6, 6.07) is 15.7. The number of carbonyl (C=O) groups is 2. The van der Waals surface area contributed by atoms with Crippen molar-refractivity contribution in [2.45, 2.75) is 71.1 Å². The SMILES string of the molecule is Cc1c(Nc2nccc3cc(CN4CC[C@@H](O)C4)cnc23)cccc1-c1cccc(NC(=O)c2nc3c(n2C)CCN(CC[C@H]2CC[C@@H](C(=O)O)CC2)C3)c1Cl. The molecule has 0 bridgehead atoms. The number of halogens is 1. The zero-order valence-corrected chi connectivity index (χ0v) is 32.7. The Labute approximate surface area is 331 Å². The Morgan fingerprint density at radius 3 is 2.52 bits per heavy atom. The molecule has 0 radical (unpaired) electrons. The van der Waals surface area contributed by atoms with Gasteiger partial charge in [-0.2, -0.15) is 0 Å². The molecule has 0 unspecified atom stereocenters. The van der Waals surface area contributed by atoms with E-state index in [2.05, 4.69) is 31.5 Å². The van der Waals surface area contributed by atoms with E-state index >= 15 is 0 Å². The number of nitrogens with zero attached hydrogens (tertiary/aromatic N) is 6. The third-order valence-corrected chi connectivity index (χ3v) is 12.4. The first-order chi connectivity index (χ1) is 27.1. The van der Waals surface area contributed by atoms with Gasteiger partial charge < -0.3 is 25.4 Å². The number of aliphatic carboxylic acids is 1. The number of carboxylic acid groups (broad SMARTS) is 1. The Hall–Kier alpha value is -4.88. The Balaban J connectivity index is 0.941. The lowest BCUT2D eigenvalue weighted by Gasteiger charge is -2.30. The van der Waals surface area contributed by atoms with Crippen LogP contribution in [0.2, 0.25) is 5.02 Å². The zero-order chi connectivity index (χ0) is 38.9. The lowest BCUT2D eigenvalue weighted by molar-refractivity contribution is -0.143. The molecule has 2 fully saturated rings. The van der Waals surface area contributed by atoms with Crippen LogP contribution in [0.5, 0.6) is 0 Å². The van der Waals surface area contributed by atoms with Crippen LogP contribution in [0.1, 0.15) is 71.7 Å². The highest BCUT2D eigenvalue weighted by atomic mass is 35.5. The number of aromatic nitrogens is 4. The minimum absolute atomic E-state index is 0.188. The number of amides is 1. The topological polar surface area (TPSA) is 149 Å². The van der Waals surface area contributed by atoms with Crippen LogP contribution in [0.4, 0.5) is 17.2 Å². The number of fused-ring (bicyclic) bond motifs is 2. The van der Waals surface area contributed by atoms with Gasteiger partial charge in [-0.25, -0.2) is 9.97 Å². The van der Waals surface area contributed by atoms with Crippen LogP contribution < -0.4 is 10.6 Å². The van der Waals surface area contributed by atoms with Crippen LogP contribution in [0.15, 0.2) is 60.9 Å². The summed E-state index contributed by atoms with van der Waals surface area (Å²) in [5.74, 6) is 0.405. The van der Waals surface area contributed by atoms with Crippen LogP contribution in [0.25, 0.3) is 22.0 Å². The molecule has 1 atom stereocenters. The van der Waals surface area contributed by atoms with Gasteiger partial charge in [-0.1, -0.05) is 35.9 Å². The minimum Gasteiger partial charge on any atom is -0.481 e. The van der Waals surface area contributed by atoms with Crippen molar-refractivity contribution in [3.63, 3.8) is 0 Å². The van der Waals surface area contributed by atoms with E-state index in [-0.39, 0.29) is 17.9 Å². The molecule has 2 aliphatic heterocycles. The fourth-order valence-electron chi connectivity index (χ4n) is 8.74. The molecule has 8 rings (SSSR count). The van der Waals surface area contributed by atoms with E-state index in [0.29, 0.717) is 41.4 Å². The molecule has 2 aromatic carbocycles. The third-order valence-electron chi connectivity index (χ3n) is 12.0. The zero-order valence-electron chi connectivity index (χ0n) is 32.0. The lowest BCUT2D eigenvalue weighted by atomic mass is 9.80. The van der Waals surface area contributed by atoms with Crippen molar-refractivity contribution >= 4 is 51.6 Å². The number of aliphatic hydroxyl groups is 1. The number of nitrogens with one attached hydrogen (secondary N) is 2. The van der Waals surface area contributed by atoms with Crippen LogP contribution in [0, 0.1) is 18.8 Å². The molecule has 0 spiro atoms. The number of carbonyl (C=O) groups excluding carboxylic acids is 1. The van der Waals surface area contributed by atoms with Crippen molar-refractivity contribution in [1.82, 2.24) is 29.3 Å². The van der Waals surface area contributed by atoms with E-state index in [1.807, 2.05) is 67.2 Å². The Bertz CT molecular complexity index is 2270. The highest BCUT2D eigenvalue weighted by Crippen LogP contribution is 2.39. The summed E-state index contributed by atoms with van der Waals surface area (Å²) in [6.07, 6.45) is 9.58. The van der Waals surface area contributed by atoms with E-state index in [4.69, 9.17) is 21.6 Å². The summed E-state index contributed by atoms with van der Waals surface area (Å²) >= 11 is 7.07. The molecule has 1 saturated carbocycles. The summed E-state index contributed by atoms with van der Waals surface area (Å²) in [7, 11) is 1.90. The number of hydrogen-bond donors (Lipinski definition) is 4. The largest absolute Gasteiger partial charge is 0.481 e. The minimum atomic E-state index is -0.662. The number of carboxylic acids is 1. The number of hydrogen-bond acceptors (Lipinski definition) is 9. The maximum Gasteiger partial charge on any atom is 0.306 e. The normalized spacial score (nSPS) is 20.2. The average molecular weight is 777 g/mol. The molecular formula is C43H49ClN8O4. The summed E-state index contributed by atoms with van der Waals surface area (Å²) in [6.45, 7) is 6.88. The number of likely N-dealkylation sites (tertiary alicyclic amines) is 1. The summed E-state index contributed by atoms with van der Waals surface area (Å²) in [5, 5.41) is 27.2. The maximum atomic E-state index is 13.7. The lowest BCUT2D eigenvalue weighted by Crippen LogP contribution is -2.33. The smallest absolute Gasteiger partial charge is 0.306 e. The summed E-state index contributed by atoms with van der Waals surface area (Å²) in [4.78, 5) is 44.0. The Kier molecular flexibility index (Phi) is 11.1. The first-order valence-electron chi connectivity index (χ1n) is 19.7. The molecule has 56 heavy (non-hydrogen) atoms. The predicted molar refractivity (Wildman–Crippen MR) is 218 cm³/mol. The first-order valence-corrected chi connectivity index (χ1v) is 20.1. The molecule has 4 N–H and O–H groups in total. The van der Waals surface area contributed by atoms with Crippen molar-refractivity contribution in [2.24, 2.45) is 18.9 Å². The van der Waals surface area contributed by atoms with Gasteiger partial charge in [-0.3, -0.25) is 24.4 Å². The van der Waals surface area contributed by atoms with E-state index in [9.17, 15) is 19.8 Å². The fraction of sp³-hybridized carbons (Fsp3) is 0.419. The van der Waals surface area contributed by atoms with Crippen molar-refractivity contribution in [3.05, 3.63) is 94.3 Å². The first kappa shape index (κ1) is 38.0. The Morgan fingerprint density at radius 1 is 0.964 bits per heavy atom. The number of benzene rings is 2. The van der Waals surface area contributed by atoms with Gasteiger partial charge in [0.1, 0.15) is 5.52 Å². The van der Waals surface area contributed by atoms with Gasteiger partial charge >= 0.3 is 5.97 Å². The summed E-state index contributed by atoms with van der Waals surface area (Å²) in [5.41, 5.74) is 7.91. The van der Waals surface area contributed by atoms with Gasteiger partial charge in [0.25, 0.3) is 5.91 Å². The number of rotatable bonds is 11.